The number of amides is 2. The number of imide groups is 1. The number of benzene rings is 2. The van der Waals surface area contributed by atoms with Gasteiger partial charge in [-0.15, -0.1) is 11.3 Å². The maximum Gasteiger partial charge on any atom is 0.455 e. The molecule has 2 aromatic carbocycles. The van der Waals surface area contributed by atoms with Crippen molar-refractivity contribution in [1.29, 1.82) is 0 Å². The summed E-state index contributed by atoms with van der Waals surface area (Å²) in [6.07, 6.45) is 5.13. The standard InChI is InChI=1S/C34H38BNO5S/c1-4-21(16-22-12-13-29(37)25-10-6-5-9-24(22)25)11-14-30-31-26(20(2)3)17-27-32(28(31)18-35(40)41-30)34(39)36(33(27)38)19-23-8-7-15-42-23/h5-10,12-13,15-16,20,27-28,30,32,37,40H,4,11,14,17-19H2,1-3H3/b21-16+/t27-,28+,30-,32-/m1/s1. The lowest BCUT2D eigenvalue weighted by Gasteiger charge is -2.44. The second-order valence-corrected chi connectivity index (χ2v) is 13.2. The molecule has 218 valence electrons. The molecule has 2 amide bonds. The highest BCUT2D eigenvalue weighted by Crippen LogP contribution is 2.52. The zero-order chi connectivity index (χ0) is 29.5. The van der Waals surface area contributed by atoms with Gasteiger partial charge in [-0.1, -0.05) is 74.4 Å². The molecule has 1 aliphatic carbocycles. The van der Waals surface area contributed by atoms with Crippen LogP contribution in [0.5, 0.6) is 5.75 Å². The molecule has 3 heterocycles. The lowest BCUT2D eigenvalue weighted by atomic mass is 9.57. The van der Waals surface area contributed by atoms with E-state index in [-0.39, 0.29) is 41.4 Å². The molecule has 4 atom stereocenters. The Morgan fingerprint density at radius 3 is 2.60 bits per heavy atom. The highest BCUT2D eigenvalue weighted by atomic mass is 32.1. The molecule has 3 aliphatic rings. The summed E-state index contributed by atoms with van der Waals surface area (Å²) in [5, 5.41) is 25.0. The molecule has 0 unspecified atom stereocenters. The number of phenols is 1. The number of thiophene rings is 1. The summed E-state index contributed by atoms with van der Waals surface area (Å²) in [7, 11) is -0.972. The minimum absolute atomic E-state index is 0.0783. The summed E-state index contributed by atoms with van der Waals surface area (Å²) in [6.45, 7) is 6.77. The second kappa shape index (κ2) is 11.8. The van der Waals surface area contributed by atoms with Crippen molar-refractivity contribution in [2.75, 3.05) is 0 Å². The van der Waals surface area contributed by atoms with Gasteiger partial charge < -0.3 is 14.8 Å². The van der Waals surface area contributed by atoms with Gasteiger partial charge in [0.05, 0.1) is 24.5 Å². The van der Waals surface area contributed by atoms with Gasteiger partial charge in [0.25, 0.3) is 0 Å². The maximum atomic E-state index is 13.8. The van der Waals surface area contributed by atoms with Crippen molar-refractivity contribution in [1.82, 2.24) is 4.90 Å². The van der Waals surface area contributed by atoms with Crippen LogP contribution in [0.15, 0.2) is 70.6 Å². The first kappa shape index (κ1) is 28.9. The average Bonchev–Trinajstić information content (AvgIpc) is 3.58. The molecule has 0 spiro atoms. The third-order valence-corrected chi connectivity index (χ3v) is 10.3. The fraction of sp³-hybridized carbons (Fsp3) is 0.412. The molecular weight excluding hydrogens is 545 g/mol. The second-order valence-electron chi connectivity index (χ2n) is 12.1. The van der Waals surface area contributed by atoms with E-state index in [1.165, 1.54) is 16.0 Å². The summed E-state index contributed by atoms with van der Waals surface area (Å²) in [5.74, 6) is -0.716. The number of fused-ring (bicyclic) bond motifs is 4. The average molecular weight is 584 g/mol. The van der Waals surface area contributed by atoms with Crippen LogP contribution in [0.25, 0.3) is 16.8 Å². The lowest BCUT2D eigenvalue weighted by Crippen LogP contribution is -2.46. The van der Waals surface area contributed by atoms with Crippen LogP contribution >= 0.6 is 11.3 Å². The van der Waals surface area contributed by atoms with E-state index in [0.717, 1.165) is 39.6 Å². The highest BCUT2D eigenvalue weighted by molar-refractivity contribution is 7.09. The van der Waals surface area contributed by atoms with Crippen LogP contribution < -0.4 is 0 Å². The van der Waals surface area contributed by atoms with Crippen molar-refractivity contribution >= 4 is 47.1 Å². The summed E-state index contributed by atoms with van der Waals surface area (Å²) >= 11 is 1.55. The molecule has 2 N–H and O–H groups in total. The molecule has 0 saturated carbocycles. The number of allylic oxidation sites excluding steroid dienone is 2. The van der Waals surface area contributed by atoms with Crippen LogP contribution in [0, 0.1) is 23.7 Å². The minimum Gasteiger partial charge on any atom is -0.507 e. The number of carbonyl (C=O) groups is 2. The molecule has 0 bridgehead atoms. The van der Waals surface area contributed by atoms with Crippen molar-refractivity contribution in [2.45, 2.75) is 65.4 Å². The molecule has 8 heteroatoms. The van der Waals surface area contributed by atoms with Gasteiger partial charge in [-0.3, -0.25) is 14.5 Å². The Labute approximate surface area is 251 Å². The zero-order valence-corrected chi connectivity index (χ0v) is 25.3. The van der Waals surface area contributed by atoms with Crippen LogP contribution in [0.4, 0.5) is 0 Å². The predicted octanol–water partition coefficient (Wildman–Crippen LogP) is 6.83. The largest absolute Gasteiger partial charge is 0.507 e. The Bertz CT molecular complexity index is 1560. The van der Waals surface area contributed by atoms with Gasteiger partial charge in [-0.05, 0) is 77.9 Å². The number of carbonyl (C=O) groups excluding carboxylic acids is 2. The first-order valence-corrected chi connectivity index (χ1v) is 16.0. The molecule has 0 radical (unpaired) electrons. The number of hydrogen-bond donors (Lipinski definition) is 2. The number of likely N-dealkylation sites (tertiary alicyclic amines) is 1. The van der Waals surface area contributed by atoms with Crippen LogP contribution in [0.3, 0.4) is 0 Å². The Hall–Kier alpha value is -3.20. The molecule has 2 fully saturated rings. The molecule has 6 rings (SSSR count). The summed E-state index contributed by atoms with van der Waals surface area (Å²) in [6, 6.07) is 15.5. The Balaban J connectivity index is 1.28. The molecule has 1 aromatic heterocycles. The summed E-state index contributed by atoms with van der Waals surface area (Å²) in [5.41, 5.74) is 4.66. The Morgan fingerprint density at radius 2 is 1.88 bits per heavy atom. The predicted molar refractivity (Wildman–Crippen MR) is 168 cm³/mol. The van der Waals surface area contributed by atoms with Crippen molar-refractivity contribution in [2.24, 2.45) is 23.7 Å². The van der Waals surface area contributed by atoms with Crippen molar-refractivity contribution in [3.05, 3.63) is 81.1 Å². The lowest BCUT2D eigenvalue weighted by molar-refractivity contribution is -0.140. The van der Waals surface area contributed by atoms with Crippen LogP contribution in [0.2, 0.25) is 6.32 Å². The van der Waals surface area contributed by atoms with Crippen LogP contribution in [-0.2, 0) is 20.8 Å². The smallest absolute Gasteiger partial charge is 0.455 e. The van der Waals surface area contributed by atoms with Crippen LogP contribution in [0.1, 0.15) is 56.9 Å². The molecule has 3 aromatic rings. The number of phenolic OH excluding ortho intramolecular Hbond substituents is 1. The van der Waals surface area contributed by atoms with Gasteiger partial charge in [0.15, 0.2) is 0 Å². The van der Waals surface area contributed by atoms with Crippen LogP contribution in [-0.4, -0.2) is 40.1 Å². The minimum atomic E-state index is -0.972. The molecular formula is C34H38BNO5S. The van der Waals surface area contributed by atoms with Gasteiger partial charge in [-0.25, -0.2) is 0 Å². The first-order chi connectivity index (χ1) is 20.3. The Morgan fingerprint density at radius 1 is 1.10 bits per heavy atom. The van der Waals surface area contributed by atoms with Gasteiger partial charge in [0.2, 0.25) is 11.8 Å². The fourth-order valence-electron chi connectivity index (χ4n) is 7.35. The van der Waals surface area contributed by atoms with Gasteiger partial charge in [0.1, 0.15) is 5.75 Å². The number of rotatable bonds is 8. The quantitative estimate of drug-likeness (QED) is 0.172. The van der Waals surface area contributed by atoms with E-state index in [1.54, 1.807) is 17.4 Å². The molecule has 6 nitrogen and oxygen atoms in total. The topological polar surface area (TPSA) is 87.1 Å². The van der Waals surface area contributed by atoms with Crippen molar-refractivity contribution in [3.63, 3.8) is 0 Å². The van der Waals surface area contributed by atoms with Crippen molar-refractivity contribution in [3.8, 4) is 5.75 Å². The number of hydrogen-bond acceptors (Lipinski definition) is 6. The van der Waals surface area contributed by atoms with E-state index in [2.05, 4.69) is 26.8 Å². The van der Waals surface area contributed by atoms with E-state index in [4.69, 9.17) is 4.65 Å². The summed E-state index contributed by atoms with van der Waals surface area (Å²) in [4.78, 5) is 29.9. The van der Waals surface area contributed by atoms with E-state index >= 15 is 0 Å². The van der Waals surface area contributed by atoms with E-state index < -0.39 is 13.0 Å². The first-order valence-electron chi connectivity index (χ1n) is 15.1. The normalized spacial score (nSPS) is 24.6. The zero-order valence-electron chi connectivity index (χ0n) is 24.5. The van der Waals surface area contributed by atoms with Gasteiger partial charge in [-0.2, -0.15) is 0 Å². The third-order valence-electron chi connectivity index (χ3n) is 9.40. The van der Waals surface area contributed by atoms with Gasteiger partial charge in [0, 0.05) is 10.3 Å². The highest BCUT2D eigenvalue weighted by Gasteiger charge is 2.57. The third kappa shape index (κ3) is 5.25. The Kier molecular flexibility index (Phi) is 8.14. The maximum absolute atomic E-state index is 13.8. The van der Waals surface area contributed by atoms with E-state index in [9.17, 15) is 19.7 Å². The van der Waals surface area contributed by atoms with Crippen molar-refractivity contribution < 1.29 is 24.4 Å². The monoisotopic (exact) mass is 583 g/mol. The van der Waals surface area contributed by atoms with Gasteiger partial charge >= 0.3 is 7.12 Å². The van der Waals surface area contributed by atoms with E-state index in [0.29, 0.717) is 25.7 Å². The van der Waals surface area contributed by atoms with E-state index in [1.807, 2.05) is 47.8 Å². The molecule has 2 aliphatic heterocycles. The number of aromatic hydroxyl groups is 1. The molecule has 2 saturated heterocycles. The SMILES string of the molecule is CC/C(=C\c1ccc(O)c2ccccc12)CC[C@H]1OB(O)C[C@H]2C1=C(C(C)C)C[C@H]1C(=O)N(Cc3cccs3)C(=O)[C@H]12. The fourth-order valence-corrected chi connectivity index (χ4v) is 8.04. The molecule has 42 heavy (non-hydrogen) atoms. The summed E-state index contributed by atoms with van der Waals surface area (Å²) < 4.78 is 6.22. The number of nitrogens with zero attached hydrogens (tertiary/aromatic N) is 1.